The lowest BCUT2D eigenvalue weighted by Gasteiger charge is -2.04. The van der Waals surface area contributed by atoms with Crippen LogP contribution in [0.2, 0.25) is 0 Å². The lowest BCUT2D eigenvalue weighted by Crippen LogP contribution is -2.06. The molecule has 0 aromatic heterocycles. The molecule has 5 heteroatoms. The molecule has 0 saturated heterocycles. The first kappa shape index (κ1) is 14.4. The maximum Gasteiger partial charge on any atom is 0.303 e. The fraction of sp³-hybridized carbons (Fsp3) is 0.0625. The number of hydrogen-bond acceptors (Lipinski definition) is 2. The molecule has 0 spiro atoms. The molecule has 0 radical (unpaired) electrons. The van der Waals surface area contributed by atoms with E-state index in [1.807, 2.05) is 36.4 Å². The molecule has 21 heavy (non-hydrogen) atoms. The third-order valence-corrected chi connectivity index (χ3v) is 2.97. The minimum absolute atomic E-state index is 0.137. The van der Waals surface area contributed by atoms with Crippen molar-refractivity contribution in [1.82, 2.24) is 0 Å². The van der Waals surface area contributed by atoms with Gasteiger partial charge in [0.15, 0.2) is 0 Å². The third kappa shape index (κ3) is 3.72. The lowest BCUT2D eigenvalue weighted by atomic mass is 9.96. The van der Waals surface area contributed by atoms with E-state index in [1.165, 1.54) is 12.1 Å². The number of fused-ring (bicyclic) bond motifs is 1. The first-order valence-electron chi connectivity index (χ1n) is 6.38. The van der Waals surface area contributed by atoms with Gasteiger partial charge in [-0.2, -0.15) is 4.79 Å². The fourth-order valence-corrected chi connectivity index (χ4v) is 1.96. The molecule has 0 bridgehead atoms. The Labute approximate surface area is 121 Å². The van der Waals surface area contributed by atoms with Crippen LogP contribution in [0.25, 0.3) is 11.6 Å². The highest BCUT2D eigenvalue weighted by Gasteiger charge is 2.16. The summed E-state index contributed by atoms with van der Waals surface area (Å²) >= 11 is 0. The molecule has 104 valence electrons. The number of nitro groups is 1. The molecule has 0 aliphatic heterocycles. The Balaban J connectivity index is 0.000000161. The van der Waals surface area contributed by atoms with Crippen LogP contribution in [0.15, 0.2) is 60.7 Å². The van der Waals surface area contributed by atoms with Crippen molar-refractivity contribution in [1.29, 1.82) is 0 Å². The first-order chi connectivity index (χ1) is 10.2. The van der Waals surface area contributed by atoms with E-state index in [0.717, 1.165) is 16.8 Å². The molecule has 2 aromatic carbocycles. The molecule has 5 nitrogen and oxygen atoms in total. The second kappa shape index (κ2) is 6.93. The van der Waals surface area contributed by atoms with Crippen molar-refractivity contribution in [3.8, 4) is 0 Å². The summed E-state index contributed by atoms with van der Waals surface area (Å²) in [6.07, 6.45) is 4.76. The molecular formula is C16H13N3O2. The molecule has 2 aromatic rings. The molecule has 0 amide bonds. The highest BCUT2D eigenvalue weighted by molar-refractivity contribution is 6.02. The minimum atomic E-state index is -0.417. The van der Waals surface area contributed by atoms with Gasteiger partial charge in [-0.05, 0) is 11.6 Å². The number of non-ortho nitro benzene ring substituents is 1. The average molecular weight is 279 g/mol. The Hall–Kier alpha value is -3.04. The Morgan fingerprint density at radius 1 is 1.05 bits per heavy atom. The number of nitrogens with zero attached hydrogens (tertiary/aromatic N) is 3. The summed E-state index contributed by atoms with van der Waals surface area (Å²) < 4.78 is 0. The molecule has 0 N–H and O–H groups in total. The maximum atomic E-state index is 10.0. The summed E-state index contributed by atoms with van der Waals surface area (Å²) in [7, 11) is 0. The van der Waals surface area contributed by atoms with E-state index in [9.17, 15) is 10.1 Å². The van der Waals surface area contributed by atoms with Crippen LogP contribution in [-0.4, -0.2) is 15.4 Å². The van der Waals surface area contributed by atoms with E-state index in [0.29, 0.717) is 6.42 Å². The predicted octanol–water partition coefficient (Wildman–Crippen LogP) is 3.72. The Morgan fingerprint density at radius 2 is 1.71 bits per heavy atom. The smallest absolute Gasteiger partial charge is 0.303 e. The summed E-state index contributed by atoms with van der Waals surface area (Å²) in [6.45, 7) is 0. The van der Waals surface area contributed by atoms with Gasteiger partial charge in [-0.3, -0.25) is 10.1 Å². The summed E-state index contributed by atoms with van der Waals surface area (Å²) in [4.78, 5) is 12.8. The van der Waals surface area contributed by atoms with Crippen molar-refractivity contribution in [3.05, 3.63) is 87.4 Å². The zero-order valence-electron chi connectivity index (χ0n) is 11.2. The van der Waals surface area contributed by atoms with Crippen molar-refractivity contribution >= 4 is 17.5 Å². The zero-order chi connectivity index (χ0) is 15.1. The monoisotopic (exact) mass is 279 g/mol. The third-order valence-electron chi connectivity index (χ3n) is 2.97. The number of rotatable bonds is 1. The Kier molecular flexibility index (Phi) is 4.75. The van der Waals surface area contributed by atoms with Crippen LogP contribution in [0.4, 0.5) is 5.69 Å². The van der Waals surface area contributed by atoms with Crippen molar-refractivity contribution in [2.75, 3.05) is 0 Å². The first-order valence-corrected chi connectivity index (χ1v) is 6.38. The molecule has 3 rings (SSSR count). The Bertz CT molecular complexity index is 717. The second-order valence-electron chi connectivity index (χ2n) is 4.33. The summed E-state index contributed by atoms with van der Waals surface area (Å²) in [5, 5.41) is 10.0. The summed E-state index contributed by atoms with van der Waals surface area (Å²) in [6, 6.07) is 15.8. The van der Waals surface area contributed by atoms with Crippen LogP contribution in [0.3, 0.4) is 0 Å². The van der Waals surface area contributed by atoms with Gasteiger partial charge in [0.05, 0.1) is 16.9 Å². The van der Waals surface area contributed by atoms with Crippen molar-refractivity contribution in [2.24, 2.45) is 0 Å². The van der Waals surface area contributed by atoms with E-state index in [4.69, 9.17) is 5.53 Å². The Morgan fingerprint density at radius 3 is 2.33 bits per heavy atom. The molecule has 1 aliphatic carbocycles. The van der Waals surface area contributed by atoms with E-state index in [2.05, 4.69) is 4.79 Å². The van der Waals surface area contributed by atoms with E-state index in [1.54, 1.807) is 18.2 Å². The lowest BCUT2D eigenvalue weighted by molar-refractivity contribution is -0.384. The quantitative estimate of drug-likeness (QED) is 0.345. The van der Waals surface area contributed by atoms with Gasteiger partial charge in [0.1, 0.15) is 0 Å². The molecular weight excluding hydrogens is 266 g/mol. The molecule has 0 fully saturated rings. The normalized spacial score (nSPS) is 11.7. The van der Waals surface area contributed by atoms with Crippen molar-refractivity contribution < 1.29 is 9.71 Å². The summed E-state index contributed by atoms with van der Waals surface area (Å²) in [5.41, 5.74) is 11.7. The van der Waals surface area contributed by atoms with Gasteiger partial charge in [-0.1, -0.05) is 48.6 Å². The number of benzene rings is 2. The zero-order valence-corrected chi connectivity index (χ0v) is 11.2. The van der Waals surface area contributed by atoms with Gasteiger partial charge in [0.2, 0.25) is 0 Å². The van der Waals surface area contributed by atoms with Crippen LogP contribution in [-0.2, 0) is 0 Å². The standard InChI is InChI=1S/C10H8N2.C6H5NO2/c11-12-10-7-3-5-8-4-1-2-6-9(8)10;8-7(9)6-4-2-1-3-5-6/h1-6H,7H2;1-5H. The second-order valence-corrected chi connectivity index (χ2v) is 4.33. The molecule has 1 aliphatic rings. The predicted molar refractivity (Wildman–Crippen MR) is 80.9 cm³/mol. The van der Waals surface area contributed by atoms with Crippen LogP contribution >= 0.6 is 0 Å². The summed E-state index contributed by atoms with van der Waals surface area (Å²) in [5.74, 6) is 0. The number of hydrogen-bond donors (Lipinski definition) is 0. The van der Waals surface area contributed by atoms with E-state index >= 15 is 0 Å². The van der Waals surface area contributed by atoms with Crippen LogP contribution in [0, 0.1) is 10.1 Å². The molecule has 0 atom stereocenters. The van der Waals surface area contributed by atoms with E-state index < -0.39 is 4.92 Å². The van der Waals surface area contributed by atoms with Gasteiger partial charge in [0.25, 0.3) is 5.69 Å². The van der Waals surface area contributed by atoms with E-state index in [-0.39, 0.29) is 5.69 Å². The molecule has 0 saturated carbocycles. The van der Waals surface area contributed by atoms with Crippen LogP contribution in [0.5, 0.6) is 0 Å². The number of para-hydroxylation sites is 1. The number of allylic oxidation sites excluding steroid dienone is 1. The highest BCUT2D eigenvalue weighted by atomic mass is 16.6. The number of nitro benzene ring substituents is 1. The minimum Gasteiger partial charge on any atom is -0.361 e. The van der Waals surface area contributed by atoms with Gasteiger partial charge < -0.3 is 5.53 Å². The van der Waals surface area contributed by atoms with Crippen LogP contribution < -0.4 is 0 Å². The highest BCUT2D eigenvalue weighted by Crippen LogP contribution is 2.17. The molecule has 0 unspecified atom stereocenters. The topological polar surface area (TPSA) is 79.5 Å². The van der Waals surface area contributed by atoms with Gasteiger partial charge in [-0.15, -0.1) is 0 Å². The molecule has 0 heterocycles. The van der Waals surface area contributed by atoms with Gasteiger partial charge >= 0.3 is 5.71 Å². The average Bonchev–Trinajstić information content (AvgIpc) is 2.55. The van der Waals surface area contributed by atoms with Gasteiger partial charge in [-0.25, -0.2) is 0 Å². The van der Waals surface area contributed by atoms with Gasteiger partial charge in [0, 0.05) is 12.1 Å². The SMILES string of the molecule is O=[N+]([O-])c1ccccc1.[N-]=[N+]=C1CC=Cc2ccccc21. The fourth-order valence-electron chi connectivity index (χ4n) is 1.96. The van der Waals surface area contributed by atoms with Crippen molar-refractivity contribution in [3.63, 3.8) is 0 Å². The largest absolute Gasteiger partial charge is 0.361 e. The van der Waals surface area contributed by atoms with Crippen LogP contribution in [0.1, 0.15) is 17.5 Å². The van der Waals surface area contributed by atoms with Crippen molar-refractivity contribution in [2.45, 2.75) is 6.42 Å². The maximum absolute atomic E-state index is 10.0.